The van der Waals surface area contributed by atoms with Gasteiger partial charge in [-0.15, -0.1) is 0 Å². The molecule has 0 spiro atoms. The van der Waals surface area contributed by atoms with Crippen LogP contribution in [0.3, 0.4) is 0 Å². The van der Waals surface area contributed by atoms with Gasteiger partial charge in [0.05, 0.1) is 0 Å². The molecule has 2 aromatic heterocycles. The van der Waals surface area contributed by atoms with E-state index in [1.54, 1.807) is 30.7 Å². The smallest absolute Gasteiger partial charge is 0.270 e. The highest BCUT2D eigenvalue weighted by molar-refractivity contribution is 5.92. The molecule has 3 N–H and O–H groups in total. The van der Waals surface area contributed by atoms with E-state index in [0.29, 0.717) is 18.8 Å². The van der Waals surface area contributed by atoms with Crippen molar-refractivity contribution in [1.29, 1.82) is 0 Å². The SMILES string of the molecule is NCc1ccc(C(=O)NCc2cccnc2)nc1. The summed E-state index contributed by atoms with van der Waals surface area (Å²) in [5.74, 6) is -0.206. The number of pyridine rings is 2. The second-order valence-electron chi connectivity index (χ2n) is 3.80. The number of amides is 1. The summed E-state index contributed by atoms with van der Waals surface area (Å²) in [6.07, 6.45) is 5.02. The molecule has 0 radical (unpaired) electrons. The molecule has 0 atom stereocenters. The van der Waals surface area contributed by atoms with Crippen LogP contribution in [0.2, 0.25) is 0 Å². The molecule has 0 saturated heterocycles. The number of nitrogens with zero attached hydrogens (tertiary/aromatic N) is 2. The van der Waals surface area contributed by atoms with Crippen LogP contribution in [0.15, 0.2) is 42.9 Å². The molecule has 0 unspecified atom stereocenters. The predicted molar refractivity (Wildman–Crippen MR) is 67.5 cm³/mol. The molecule has 92 valence electrons. The van der Waals surface area contributed by atoms with Gasteiger partial charge in [-0.25, -0.2) is 0 Å². The van der Waals surface area contributed by atoms with E-state index in [2.05, 4.69) is 15.3 Å². The molecule has 18 heavy (non-hydrogen) atoms. The highest BCUT2D eigenvalue weighted by Crippen LogP contribution is 2.00. The first kappa shape index (κ1) is 12.2. The van der Waals surface area contributed by atoms with Gasteiger partial charge in [-0.3, -0.25) is 14.8 Å². The van der Waals surface area contributed by atoms with Crippen LogP contribution in [-0.4, -0.2) is 15.9 Å². The fourth-order valence-corrected chi connectivity index (χ4v) is 1.46. The van der Waals surface area contributed by atoms with Crippen LogP contribution in [0, 0.1) is 0 Å². The number of hydrogen-bond donors (Lipinski definition) is 2. The molecule has 1 amide bonds. The van der Waals surface area contributed by atoms with Gasteiger partial charge in [-0.05, 0) is 23.3 Å². The summed E-state index contributed by atoms with van der Waals surface area (Å²) in [6, 6.07) is 7.20. The van der Waals surface area contributed by atoms with Gasteiger partial charge in [-0.1, -0.05) is 12.1 Å². The number of hydrogen-bond acceptors (Lipinski definition) is 4. The van der Waals surface area contributed by atoms with Gasteiger partial charge in [0.1, 0.15) is 5.69 Å². The van der Waals surface area contributed by atoms with Gasteiger partial charge < -0.3 is 11.1 Å². The molecule has 2 rings (SSSR count). The molecule has 0 aliphatic carbocycles. The number of nitrogens with one attached hydrogen (secondary N) is 1. The van der Waals surface area contributed by atoms with Crippen LogP contribution in [0.4, 0.5) is 0 Å². The lowest BCUT2D eigenvalue weighted by Gasteiger charge is -2.04. The summed E-state index contributed by atoms with van der Waals surface area (Å²) in [7, 11) is 0. The van der Waals surface area contributed by atoms with Crippen LogP contribution < -0.4 is 11.1 Å². The zero-order valence-corrected chi connectivity index (χ0v) is 9.84. The van der Waals surface area contributed by atoms with Crippen LogP contribution in [0.1, 0.15) is 21.6 Å². The lowest BCUT2D eigenvalue weighted by Crippen LogP contribution is -2.23. The fourth-order valence-electron chi connectivity index (χ4n) is 1.46. The molecule has 0 aliphatic heterocycles. The Morgan fingerprint density at radius 3 is 2.72 bits per heavy atom. The van der Waals surface area contributed by atoms with Gasteiger partial charge >= 0.3 is 0 Å². The van der Waals surface area contributed by atoms with Crippen LogP contribution in [-0.2, 0) is 13.1 Å². The van der Waals surface area contributed by atoms with Gasteiger partial charge in [0.15, 0.2) is 0 Å². The average Bonchev–Trinajstić information content (AvgIpc) is 2.46. The Hall–Kier alpha value is -2.27. The van der Waals surface area contributed by atoms with Crippen molar-refractivity contribution in [2.24, 2.45) is 5.73 Å². The maximum absolute atomic E-state index is 11.8. The van der Waals surface area contributed by atoms with Gasteiger partial charge in [0.2, 0.25) is 0 Å². The van der Waals surface area contributed by atoms with E-state index in [1.807, 2.05) is 12.1 Å². The van der Waals surface area contributed by atoms with Crippen LogP contribution in [0.25, 0.3) is 0 Å². The summed E-state index contributed by atoms with van der Waals surface area (Å²) >= 11 is 0. The molecule has 5 heteroatoms. The summed E-state index contributed by atoms with van der Waals surface area (Å²) in [5.41, 5.74) is 7.70. The number of aromatic nitrogens is 2. The van der Waals surface area contributed by atoms with E-state index in [9.17, 15) is 4.79 Å². The van der Waals surface area contributed by atoms with Crippen molar-refractivity contribution in [3.63, 3.8) is 0 Å². The van der Waals surface area contributed by atoms with Crippen LogP contribution in [0.5, 0.6) is 0 Å². The molecular formula is C13H14N4O. The van der Waals surface area contributed by atoms with E-state index < -0.39 is 0 Å². The Kier molecular flexibility index (Phi) is 3.98. The highest BCUT2D eigenvalue weighted by atomic mass is 16.1. The number of nitrogens with two attached hydrogens (primary N) is 1. The molecular weight excluding hydrogens is 228 g/mol. The molecule has 2 aromatic rings. The van der Waals surface area contributed by atoms with E-state index in [1.165, 1.54) is 0 Å². The van der Waals surface area contributed by atoms with Crippen molar-refractivity contribution in [1.82, 2.24) is 15.3 Å². The summed E-state index contributed by atoms with van der Waals surface area (Å²) < 4.78 is 0. The summed E-state index contributed by atoms with van der Waals surface area (Å²) in [4.78, 5) is 19.8. The molecule has 0 aliphatic rings. The lowest BCUT2D eigenvalue weighted by molar-refractivity contribution is 0.0946. The van der Waals surface area contributed by atoms with E-state index in [4.69, 9.17) is 5.73 Å². The zero-order chi connectivity index (χ0) is 12.8. The minimum absolute atomic E-state index is 0.206. The average molecular weight is 242 g/mol. The van der Waals surface area contributed by atoms with Gasteiger partial charge in [-0.2, -0.15) is 0 Å². The van der Waals surface area contributed by atoms with E-state index >= 15 is 0 Å². The Bertz CT molecular complexity index is 510. The Labute approximate surface area is 105 Å². The lowest BCUT2D eigenvalue weighted by atomic mass is 10.2. The Balaban J connectivity index is 1.95. The van der Waals surface area contributed by atoms with E-state index in [0.717, 1.165) is 11.1 Å². The maximum atomic E-state index is 11.8. The summed E-state index contributed by atoms with van der Waals surface area (Å²) in [6.45, 7) is 0.859. The molecule has 0 bridgehead atoms. The first-order valence-corrected chi connectivity index (χ1v) is 5.61. The molecule has 5 nitrogen and oxygen atoms in total. The number of carbonyl (C=O) groups is 1. The van der Waals surface area contributed by atoms with Gasteiger partial charge in [0.25, 0.3) is 5.91 Å². The molecule has 0 saturated carbocycles. The Morgan fingerprint density at radius 1 is 1.22 bits per heavy atom. The monoisotopic (exact) mass is 242 g/mol. The molecule has 0 fully saturated rings. The second kappa shape index (κ2) is 5.88. The molecule has 0 aromatic carbocycles. The van der Waals surface area contributed by atoms with E-state index in [-0.39, 0.29) is 5.91 Å². The standard InChI is InChI=1S/C13H14N4O/c14-6-10-3-4-12(16-8-10)13(18)17-9-11-2-1-5-15-7-11/h1-5,7-8H,6,9,14H2,(H,17,18). The first-order chi connectivity index (χ1) is 8.79. The Morgan fingerprint density at radius 2 is 2.11 bits per heavy atom. The summed E-state index contributed by atoms with van der Waals surface area (Å²) in [5, 5.41) is 2.78. The third kappa shape index (κ3) is 3.11. The largest absolute Gasteiger partial charge is 0.347 e. The van der Waals surface area contributed by atoms with Crippen molar-refractivity contribution >= 4 is 5.91 Å². The fraction of sp³-hybridized carbons (Fsp3) is 0.154. The number of carbonyl (C=O) groups excluding carboxylic acids is 1. The van der Waals surface area contributed by atoms with Crippen molar-refractivity contribution < 1.29 is 4.79 Å². The minimum atomic E-state index is -0.206. The van der Waals surface area contributed by atoms with Crippen LogP contribution >= 0.6 is 0 Å². The van der Waals surface area contributed by atoms with Gasteiger partial charge in [0, 0.05) is 31.7 Å². The van der Waals surface area contributed by atoms with Crippen molar-refractivity contribution in [3.05, 3.63) is 59.7 Å². The highest BCUT2D eigenvalue weighted by Gasteiger charge is 2.06. The third-order valence-electron chi connectivity index (χ3n) is 2.47. The first-order valence-electron chi connectivity index (χ1n) is 5.61. The quantitative estimate of drug-likeness (QED) is 0.833. The zero-order valence-electron chi connectivity index (χ0n) is 9.84. The predicted octanol–water partition coefficient (Wildman–Crippen LogP) is 0.865. The van der Waals surface area contributed by atoms with Crippen molar-refractivity contribution in [2.45, 2.75) is 13.1 Å². The minimum Gasteiger partial charge on any atom is -0.347 e. The molecule has 2 heterocycles. The third-order valence-corrected chi connectivity index (χ3v) is 2.47. The maximum Gasteiger partial charge on any atom is 0.270 e. The van der Waals surface area contributed by atoms with Crippen molar-refractivity contribution in [3.8, 4) is 0 Å². The second-order valence-corrected chi connectivity index (χ2v) is 3.80. The number of rotatable bonds is 4. The van der Waals surface area contributed by atoms with Crippen molar-refractivity contribution in [2.75, 3.05) is 0 Å². The topological polar surface area (TPSA) is 80.9 Å². The normalized spacial score (nSPS) is 10.1.